The lowest BCUT2D eigenvalue weighted by Crippen LogP contribution is -2.26. The molecule has 0 aromatic heterocycles. The summed E-state index contributed by atoms with van der Waals surface area (Å²) in [5.74, 6) is 1.38. The van der Waals surface area contributed by atoms with Gasteiger partial charge in [0, 0.05) is 23.6 Å². The van der Waals surface area contributed by atoms with Crippen molar-refractivity contribution in [2.24, 2.45) is 11.1 Å². The number of nitrogens with zero attached hydrogens (tertiary/aromatic N) is 1. The second-order valence-electron chi connectivity index (χ2n) is 5.57. The molecule has 1 rings (SSSR count). The van der Waals surface area contributed by atoms with Gasteiger partial charge in [-0.3, -0.25) is 4.79 Å². The molecule has 1 aliphatic rings. The van der Waals surface area contributed by atoms with E-state index in [1.54, 1.807) is 6.08 Å². The lowest BCUT2D eigenvalue weighted by Gasteiger charge is -2.25. The van der Waals surface area contributed by atoms with E-state index in [-0.39, 0.29) is 24.1 Å². The quantitative estimate of drug-likeness (QED) is 0.363. The predicted molar refractivity (Wildman–Crippen MR) is 98.3 cm³/mol. The smallest absolute Gasteiger partial charge is 0.168 e. The number of halogens is 1. The lowest BCUT2D eigenvalue weighted by molar-refractivity contribution is -0.116. The number of aliphatic hydroxyl groups excluding tert-OH is 1. The first-order valence-corrected chi connectivity index (χ1v) is 9.53. The van der Waals surface area contributed by atoms with E-state index in [4.69, 9.17) is 16.4 Å². The molecule has 0 amide bonds. The Morgan fingerprint density at radius 1 is 1.52 bits per heavy atom. The zero-order valence-electron chi connectivity index (χ0n) is 14.0. The van der Waals surface area contributed by atoms with E-state index in [1.807, 2.05) is 18.7 Å². The van der Waals surface area contributed by atoms with E-state index in [0.717, 1.165) is 12.2 Å². The van der Waals surface area contributed by atoms with E-state index in [1.165, 1.54) is 5.54 Å². The second kappa shape index (κ2) is 10.8. The molecule has 0 spiro atoms. The van der Waals surface area contributed by atoms with Crippen LogP contribution in [0.3, 0.4) is 0 Å². The molecule has 0 heterocycles. The highest BCUT2D eigenvalue weighted by molar-refractivity contribution is 7.99. The number of hydrogen-bond acceptors (Lipinski definition) is 5. The van der Waals surface area contributed by atoms with E-state index in [0.29, 0.717) is 35.8 Å². The standard InChI is InChI=1S/C17H26ClNO3S/c1-4-14(19-22-8-6-7-18)17-15(20)10-13(11-16(17)21)9-12(3)23-5-2/h6-7,12-13,20H,4-5,8-11H2,1-3H3/b7-6+,19-14?/t12-,13-/m1/s1. The van der Waals surface area contributed by atoms with Gasteiger partial charge in [-0.25, -0.2) is 0 Å². The van der Waals surface area contributed by atoms with Gasteiger partial charge in [0.1, 0.15) is 12.4 Å². The predicted octanol–water partition coefficient (Wildman–Crippen LogP) is 4.84. The summed E-state index contributed by atoms with van der Waals surface area (Å²) in [7, 11) is 0. The molecule has 0 saturated carbocycles. The molecule has 2 atom stereocenters. The van der Waals surface area contributed by atoms with E-state index in [2.05, 4.69) is 19.0 Å². The number of rotatable bonds is 9. The zero-order valence-corrected chi connectivity index (χ0v) is 15.6. The molecule has 23 heavy (non-hydrogen) atoms. The SMILES string of the molecule is CCS[C@H](C)C[C@H]1CC(=O)C(C(CC)=NOC/C=C/Cl)=C(O)C1. The summed E-state index contributed by atoms with van der Waals surface area (Å²) in [5, 5.41) is 14.8. The summed E-state index contributed by atoms with van der Waals surface area (Å²) in [5.41, 5.74) is 2.20. The Bertz CT molecular complexity index is 488. The maximum Gasteiger partial charge on any atom is 0.168 e. The van der Waals surface area contributed by atoms with Crippen molar-refractivity contribution < 1.29 is 14.7 Å². The summed E-state index contributed by atoms with van der Waals surface area (Å²) in [4.78, 5) is 17.6. The van der Waals surface area contributed by atoms with Crippen LogP contribution < -0.4 is 0 Å². The Hall–Kier alpha value is -0.940. The molecular formula is C17H26ClNO3S. The van der Waals surface area contributed by atoms with Crippen LogP contribution in [0.1, 0.15) is 46.5 Å². The van der Waals surface area contributed by atoms with Gasteiger partial charge in [-0.05, 0) is 30.6 Å². The molecule has 1 aliphatic carbocycles. The fourth-order valence-electron chi connectivity index (χ4n) is 2.77. The first-order chi connectivity index (χ1) is 11.0. The maximum absolute atomic E-state index is 12.4. The molecule has 0 bridgehead atoms. The van der Waals surface area contributed by atoms with Crippen LogP contribution in [-0.4, -0.2) is 34.2 Å². The highest BCUT2D eigenvalue weighted by Gasteiger charge is 2.31. The highest BCUT2D eigenvalue weighted by atomic mass is 35.5. The van der Waals surface area contributed by atoms with Crippen molar-refractivity contribution in [1.82, 2.24) is 0 Å². The van der Waals surface area contributed by atoms with Gasteiger partial charge >= 0.3 is 0 Å². The number of oxime groups is 1. The molecule has 0 aliphatic heterocycles. The van der Waals surface area contributed by atoms with Gasteiger partial charge in [0.2, 0.25) is 0 Å². The molecule has 0 fully saturated rings. The van der Waals surface area contributed by atoms with Crippen LogP contribution in [0.2, 0.25) is 0 Å². The summed E-state index contributed by atoms with van der Waals surface area (Å²) in [6, 6.07) is 0. The minimum absolute atomic E-state index is 0.0375. The molecule has 0 aromatic rings. The monoisotopic (exact) mass is 359 g/mol. The molecule has 0 saturated heterocycles. The summed E-state index contributed by atoms with van der Waals surface area (Å²) in [6.45, 7) is 6.43. The molecule has 4 nitrogen and oxygen atoms in total. The van der Waals surface area contributed by atoms with Gasteiger partial charge in [-0.1, -0.05) is 37.5 Å². The minimum atomic E-state index is -0.0375. The van der Waals surface area contributed by atoms with Crippen molar-refractivity contribution in [3.63, 3.8) is 0 Å². The normalized spacial score (nSPS) is 21.1. The van der Waals surface area contributed by atoms with Crippen molar-refractivity contribution >= 4 is 34.9 Å². The third-order valence-corrected chi connectivity index (χ3v) is 4.97. The Morgan fingerprint density at radius 3 is 2.83 bits per heavy atom. The van der Waals surface area contributed by atoms with Crippen molar-refractivity contribution in [3.05, 3.63) is 22.9 Å². The third kappa shape index (κ3) is 6.60. The summed E-state index contributed by atoms with van der Waals surface area (Å²) in [6.07, 6.45) is 4.09. The maximum atomic E-state index is 12.4. The van der Waals surface area contributed by atoms with E-state index in [9.17, 15) is 9.90 Å². The number of carbonyl (C=O) groups excluding carboxylic acids is 1. The number of allylic oxidation sites excluding steroid dienone is 2. The van der Waals surface area contributed by atoms with Gasteiger partial charge < -0.3 is 9.94 Å². The molecule has 130 valence electrons. The van der Waals surface area contributed by atoms with Crippen LogP contribution in [0.4, 0.5) is 0 Å². The minimum Gasteiger partial charge on any atom is -0.511 e. The Labute approximate surface area is 148 Å². The largest absolute Gasteiger partial charge is 0.511 e. The fourth-order valence-corrected chi connectivity index (χ4v) is 3.82. The van der Waals surface area contributed by atoms with Gasteiger partial charge in [-0.15, -0.1) is 0 Å². The second-order valence-corrected chi connectivity index (χ2v) is 7.54. The van der Waals surface area contributed by atoms with Crippen LogP contribution in [0, 0.1) is 5.92 Å². The van der Waals surface area contributed by atoms with Gasteiger partial charge in [0.05, 0.1) is 11.3 Å². The number of Topliss-reactive ketones (excluding diaryl/α,β-unsaturated/α-hetero) is 1. The molecule has 0 radical (unpaired) electrons. The first kappa shape index (κ1) is 20.1. The van der Waals surface area contributed by atoms with Gasteiger partial charge in [0.15, 0.2) is 5.78 Å². The summed E-state index contributed by atoms with van der Waals surface area (Å²) >= 11 is 7.30. The molecule has 6 heteroatoms. The molecule has 0 aromatic carbocycles. The first-order valence-electron chi connectivity index (χ1n) is 8.04. The van der Waals surface area contributed by atoms with Crippen LogP contribution in [0.25, 0.3) is 0 Å². The zero-order chi connectivity index (χ0) is 17.2. The topological polar surface area (TPSA) is 58.9 Å². The van der Waals surface area contributed by atoms with Gasteiger partial charge in [-0.2, -0.15) is 11.8 Å². The van der Waals surface area contributed by atoms with Crippen molar-refractivity contribution in [1.29, 1.82) is 0 Å². The third-order valence-electron chi connectivity index (χ3n) is 3.70. The number of carbonyl (C=O) groups is 1. The molecule has 0 unspecified atom stereocenters. The Kier molecular flexibility index (Phi) is 9.41. The average molecular weight is 360 g/mol. The number of ketones is 1. The molecular weight excluding hydrogens is 334 g/mol. The fraction of sp³-hybridized carbons (Fsp3) is 0.647. The number of hydrogen-bond donors (Lipinski definition) is 1. The van der Waals surface area contributed by atoms with E-state index < -0.39 is 0 Å². The van der Waals surface area contributed by atoms with Crippen molar-refractivity contribution in [3.8, 4) is 0 Å². The highest BCUT2D eigenvalue weighted by Crippen LogP contribution is 2.32. The number of thioether (sulfide) groups is 1. The number of aliphatic hydroxyl groups is 1. The summed E-state index contributed by atoms with van der Waals surface area (Å²) < 4.78 is 0. The van der Waals surface area contributed by atoms with Crippen LogP contribution >= 0.6 is 23.4 Å². The van der Waals surface area contributed by atoms with E-state index >= 15 is 0 Å². The Balaban J connectivity index is 2.79. The van der Waals surface area contributed by atoms with Crippen LogP contribution in [-0.2, 0) is 9.63 Å². The van der Waals surface area contributed by atoms with Crippen molar-refractivity contribution in [2.45, 2.75) is 51.7 Å². The Morgan fingerprint density at radius 2 is 2.26 bits per heavy atom. The van der Waals surface area contributed by atoms with Crippen LogP contribution in [0.15, 0.2) is 28.1 Å². The van der Waals surface area contributed by atoms with Crippen molar-refractivity contribution in [2.75, 3.05) is 12.4 Å². The van der Waals surface area contributed by atoms with Gasteiger partial charge in [0.25, 0.3) is 0 Å². The average Bonchev–Trinajstić information content (AvgIpc) is 2.49. The molecule has 1 N–H and O–H groups in total. The lowest BCUT2D eigenvalue weighted by atomic mass is 9.82. The van der Waals surface area contributed by atoms with Crippen LogP contribution in [0.5, 0.6) is 0 Å².